The van der Waals surface area contributed by atoms with E-state index in [1.807, 2.05) is 48.5 Å². The number of nitrogens with one attached hydrogen (secondary N) is 2. The summed E-state index contributed by atoms with van der Waals surface area (Å²) in [6, 6.07) is 15.6. The first kappa shape index (κ1) is 17.2. The van der Waals surface area contributed by atoms with Gasteiger partial charge in [0.25, 0.3) is 5.91 Å². The van der Waals surface area contributed by atoms with Crippen molar-refractivity contribution in [3.63, 3.8) is 0 Å². The Hall–Kier alpha value is -2.62. The fraction of sp³-hybridized carbons (Fsp3) is 0.333. The third kappa shape index (κ3) is 4.08. The number of aliphatic imine (C=N–C) groups is 1. The molecule has 3 rings (SSSR count). The smallest absolute Gasteiger partial charge is 0.255 e. The highest BCUT2D eigenvalue weighted by molar-refractivity contribution is 6.10. The van der Waals surface area contributed by atoms with Crippen LogP contribution in [-0.4, -0.2) is 24.8 Å². The maximum atomic E-state index is 12.6. The summed E-state index contributed by atoms with van der Waals surface area (Å²) in [5.41, 5.74) is 3.65. The second-order valence-electron chi connectivity index (χ2n) is 7.34. The fourth-order valence-electron chi connectivity index (χ4n) is 2.83. The Balaban J connectivity index is 1.81. The van der Waals surface area contributed by atoms with Gasteiger partial charge in [-0.1, -0.05) is 45.0 Å². The summed E-state index contributed by atoms with van der Waals surface area (Å²) in [6.45, 7) is 8.22. The molecule has 1 amide bonds. The lowest BCUT2D eigenvalue weighted by atomic mass is 9.86. The lowest BCUT2D eigenvalue weighted by Crippen LogP contribution is -2.31. The summed E-state index contributed by atoms with van der Waals surface area (Å²) in [6.07, 6.45) is 1.04. The van der Waals surface area contributed by atoms with E-state index in [2.05, 4.69) is 36.4 Å². The minimum Gasteiger partial charge on any atom is -0.370 e. The summed E-state index contributed by atoms with van der Waals surface area (Å²) in [7, 11) is 0. The van der Waals surface area contributed by atoms with Gasteiger partial charge in [-0.25, -0.2) is 0 Å². The molecule has 0 atom stereocenters. The molecule has 2 aromatic carbocycles. The minimum atomic E-state index is -0.107. The van der Waals surface area contributed by atoms with Crippen molar-refractivity contribution in [2.75, 3.05) is 18.4 Å². The Morgan fingerprint density at radius 2 is 1.80 bits per heavy atom. The van der Waals surface area contributed by atoms with Crippen molar-refractivity contribution in [3.05, 3.63) is 65.2 Å². The summed E-state index contributed by atoms with van der Waals surface area (Å²) in [4.78, 5) is 17.2. The van der Waals surface area contributed by atoms with Crippen LogP contribution in [0.3, 0.4) is 0 Å². The molecule has 0 bridgehead atoms. The van der Waals surface area contributed by atoms with E-state index in [4.69, 9.17) is 0 Å². The highest BCUT2D eigenvalue weighted by Gasteiger charge is 2.16. The maximum absolute atomic E-state index is 12.6. The van der Waals surface area contributed by atoms with E-state index in [9.17, 15) is 4.79 Å². The number of amides is 1. The van der Waals surface area contributed by atoms with Gasteiger partial charge in [0.1, 0.15) is 5.84 Å². The predicted molar refractivity (Wildman–Crippen MR) is 104 cm³/mol. The SMILES string of the molecule is CC(C)(C)c1ccc(C(=O)Nc2ccccc2C2=NCCCN2)cc1. The first-order chi connectivity index (χ1) is 11.9. The van der Waals surface area contributed by atoms with Crippen molar-refractivity contribution in [2.24, 2.45) is 4.99 Å². The number of carbonyl (C=O) groups is 1. The van der Waals surface area contributed by atoms with Crippen LogP contribution in [0.4, 0.5) is 5.69 Å². The zero-order chi connectivity index (χ0) is 17.9. The number of para-hydroxylation sites is 1. The number of carbonyl (C=O) groups excluding carboxylic acids is 1. The van der Waals surface area contributed by atoms with Gasteiger partial charge >= 0.3 is 0 Å². The van der Waals surface area contributed by atoms with Gasteiger partial charge in [-0.05, 0) is 41.7 Å². The van der Waals surface area contributed by atoms with E-state index in [1.54, 1.807) is 0 Å². The second kappa shape index (κ2) is 7.09. The first-order valence-corrected chi connectivity index (χ1v) is 8.75. The van der Waals surface area contributed by atoms with Crippen molar-refractivity contribution in [1.82, 2.24) is 5.32 Å². The average molecular weight is 335 g/mol. The molecule has 2 aromatic rings. The van der Waals surface area contributed by atoms with Crippen molar-refractivity contribution in [1.29, 1.82) is 0 Å². The van der Waals surface area contributed by atoms with Crippen LogP contribution < -0.4 is 10.6 Å². The van der Waals surface area contributed by atoms with Crippen LogP contribution in [0.1, 0.15) is 48.7 Å². The molecule has 2 N–H and O–H groups in total. The predicted octanol–water partition coefficient (Wildman–Crippen LogP) is 3.98. The molecule has 0 radical (unpaired) electrons. The van der Waals surface area contributed by atoms with E-state index in [1.165, 1.54) is 5.56 Å². The molecule has 4 heteroatoms. The molecule has 1 heterocycles. The molecule has 0 saturated heterocycles. The van der Waals surface area contributed by atoms with Crippen molar-refractivity contribution in [3.8, 4) is 0 Å². The fourth-order valence-corrected chi connectivity index (χ4v) is 2.83. The average Bonchev–Trinajstić information content (AvgIpc) is 2.62. The molecule has 25 heavy (non-hydrogen) atoms. The molecule has 0 spiro atoms. The van der Waals surface area contributed by atoms with Crippen LogP contribution in [0.5, 0.6) is 0 Å². The molecule has 4 nitrogen and oxygen atoms in total. The Morgan fingerprint density at radius 3 is 2.44 bits per heavy atom. The van der Waals surface area contributed by atoms with E-state index >= 15 is 0 Å². The number of nitrogens with zero attached hydrogens (tertiary/aromatic N) is 1. The zero-order valence-corrected chi connectivity index (χ0v) is 15.1. The summed E-state index contributed by atoms with van der Waals surface area (Å²) < 4.78 is 0. The van der Waals surface area contributed by atoms with E-state index in [0.29, 0.717) is 5.56 Å². The van der Waals surface area contributed by atoms with E-state index in [-0.39, 0.29) is 11.3 Å². The third-order valence-corrected chi connectivity index (χ3v) is 4.34. The Morgan fingerprint density at radius 1 is 1.08 bits per heavy atom. The van der Waals surface area contributed by atoms with Crippen LogP contribution in [0.15, 0.2) is 53.5 Å². The molecule has 1 aliphatic heterocycles. The monoisotopic (exact) mass is 335 g/mol. The molecule has 0 saturated carbocycles. The second-order valence-corrected chi connectivity index (χ2v) is 7.34. The number of anilines is 1. The number of rotatable bonds is 3. The highest BCUT2D eigenvalue weighted by Crippen LogP contribution is 2.23. The first-order valence-electron chi connectivity index (χ1n) is 8.75. The van der Waals surface area contributed by atoms with Crippen molar-refractivity contribution in [2.45, 2.75) is 32.6 Å². The van der Waals surface area contributed by atoms with Gasteiger partial charge in [-0.3, -0.25) is 9.79 Å². The summed E-state index contributed by atoms with van der Waals surface area (Å²) in [5, 5.41) is 6.33. The molecular formula is C21H25N3O. The van der Waals surface area contributed by atoms with Gasteiger partial charge in [-0.2, -0.15) is 0 Å². The normalized spacial score (nSPS) is 14.4. The van der Waals surface area contributed by atoms with Crippen LogP contribution in [0.2, 0.25) is 0 Å². The number of amidine groups is 1. The van der Waals surface area contributed by atoms with Crippen molar-refractivity contribution < 1.29 is 4.79 Å². The quantitative estimate of drug-likeness (QED) is 0.891. The van der Waals surface area contributed by atoms with Crippen LogP contribution in [0, 0.1) is 0 Å². The molecule has 0 fully saturated rings. The largest absolute Gasteiger partial charge is 0.370 e. The Labute approximate surface area is 149 Å². The molecule has 0 aliphatic carbocycles. The molecular weight excluding hydrogens is 310 g/mol. The van der Waals surface area contributed by atoms with Gasteiger partial charge < -0.3 is 10.6 Å². The van der Waals surface area contributed by atoms with Gasteiger partial charge in [0.15, 0.2) is 0 Å². The summed E-state index contributed by atoms with van der Waals surface area (Å²) >= 11 is 0. The number of hydrogen-bond acceptors (Lipinski definition) is 3. The maximum Gasteiger partial charge on any atom is 0.255 e. The third-order valence-electron chi connectivity index (χ3n) is 4.34. The Kier molecular flexibility index (Phi) is 4.88. The highest BCUT2D eigenvalue weighted by atomic mass is 16.1. The number of benzene rings is 2. The van der Waals surface area contributed by atoms with Gasteiger partial charge in [0, 0.05) is 24.2 Å². The molecule has 130 valence electrons. The molecule has 0 aromatic heterocycles. The topological polar surface area (TPSA) is 53.5 Å². The standard InChI is InChI=1S/C21H25N3O/c1-21(2,3)16-11-9-15(10-12-16)20(25)24-18-8-5-4-7-17(18)19-22-13-6-14-23-19/h4-5,7-12H,6,13-14H2,1-3H3,(H,22,23)(H,24,25). The van der Waals surface area contributed by atoms with Crippen molar-refractivity contribution >= 4 is 17.4 Å². The molecule has 1 aliphatic rings. The zero-order valence-electron chi connectivity index (χ0n) is 15.1. The van der Waals surface area contributed by atoms with Gasteiger partial charge in [0.05, 0.1) is 5.69 Å². The minimum absolute atomic E-state index is 0.0758. The van der Waals surface area contributed by atoms with Crippen LogP contribution in [-0.2, 0) is 5.41 Å². The van der Waals surface area contributed by atoms with Gasteiger partial charge in [0.2, 0.25) is 0 Å². The lowest BCUT2D eigenvalue weighted by Gasteiger charge is -2.19. The van der Waals surface area contributed by atoms with Crippen LogP contribution in [0.25, 0.3) is 0 Å². The van der Waals surface area contributed by atoms with E-state index < -0.39 is 0 Å². The van der Waals surface area contributed by atoms with Crippen LogP contribution >= 0.6 is 0 Å². The summed E-state index contributed by atoms with van der Waals surface area (Å²) in [5.74, 6) is 0.745. The number of hydrogen-bond donors (Lipinski definition) is 2. The van der Waals surface area contributed by atoms with E-state index in [0.717, 1.165) is 36.6 Å². The molecule has 0 unspecified atom stereocenters. The lowest BCUT2D eigenvalue weighted by molar-refractivity contribution is 0.102. The van der Waals surface area contributed by atoms with Gasteiger partial charge in [-0.15, -0.1) is 0 Å². The Bertz CT molecular complexity index is 786.